The largest absolute Gasteiger partial charge is 0.495 e. The number of hydrogen-bond donors (Lipinski definition) is 1. The number of hydrogen-bond acceptors (Lipinski definition) is 7. The molecule has 0 aliphatic carbocycles. The second kappa shape index (κ2) is 11.1. The van der Waals surface area contributed by atoms with E-state index in [1.54, 1.807) is 23.7 Å². The summed E-state index contributed by atoms with van der Waals surface area (Å²) in [6.45, 7) is 5.42. The van der Waals surface area contributed by atoms with Crippen LogP contribution in [0, 0.1) is 18.6 Å². The molecule has 11 heteroatoms. The summed E-state index contributed by atoms with van der Waals surface area (Å²) >= 11 is 0. The Morgan fingerprint density at radius 3 is 2.44 bits per heavy atom. The monoisotopic (exact) mass is 557 g/mol. The standard InChI is InChI=1S/C30H25F2N5O4/c1-16(2)37-17(3)26(18-5-7-19(31)8-6-18)29(38)28(36-37)30(39)35-20-9-10-24(22(32)13-20)41-25-11-12-33-23-14-21(40-4)15-34-27(23)25/h5-16H,1-4H3,(H,35,39). The van der Waals surface area contributed by atoms with Crippen LogP contribution < -0.4 is 20.2 Å². The highest BCUT2D eigenvalue weighted by atomic mass is 19.1. The molecule has 208 valence electrons. The van der Waals surface area contributed by atoms with Gasteiger partial charge < -0.3 is 14.8 Å². The van der Waals surface area contributed by atoms with Gasteiger partial charge in [0.15, 0.2) is 23.0 Å². The maximum atomic E-state index is 15.1. The molecule has 0 unspecified atom stereocenters. The molecular formula is C30H25F2N5O4. The number of ether oxygens (including phenoxy) is 2. The highest BCUT2D eigenvalue weighted by molar-refractivity contribution is 6.03. The predicted molar refractivity (Wildman–Crippen MR) is 150 cm³/mol. The van der Waals surface area contributed by atoms with Crippen LogP contribution in [0.1, 0.15) is 36.1 Å². The molecule has 3 heterocycles. The second-order valence-electron chi connectivity index (χ2n) is 9.44. The van der Waals surface area contributed by atoms with E-state index in [-0.39, 0.29) is 34.5 Å². The van der Waals surface area contributed by atoms with Crippen LogP contribution in [0.15, 0.2) is 71.8 Å². The molecular weight excluding hydrogens is 532 g/mol. The van der Waals surface area contributed by atoms with Crippen molar-refractivity contribution in [3.05, 3.63) is 100 Å². The van der Waals surface area contributed by atoms with E-state index < -0.39 is 23.0 Å². The summed E-state index contributed by atoms with van der Waals surface area (Å²) in [7, 11) is 1.51. The van der Waals surface area contributed by atoms with Crippen LogP contribution in [-0.4, -0.2) is 32.8 Å². The number of methoxy groups -OCH3 is 1. The number of nitrogens with zero attached hydrogens (tertiary/aromatic N) is 4. The van der Waals surface area contributed by atoms with Gasteiger partial charge in [-0.1, -0.05) is 12.1 Å². The van der Waals surface area contributed by atoms with Gasteiger partial charge in [-0.3, -0.25) is 19.3 Å². The van der Waals surface area contributed by atoms with Crippen LogP contribution in [0.4, 0.5) is 14.5 Å². The number of halogens is 2. The Labute approximate surface area is 233 Å². The minimum Gasteiger partial charge on any atom is -0.495 e. The fourth-order valence-electron chi connectivity index (χ4n) is 4.38. The van der Waals surface area contributed by atoms with Gasteiger partial charge in [-0.15, -0.1) is 0 Å². The van der Waals surface area contributed by atoms with Gasteiger partial charge >= 0.3 is 0 Å². The molecule has 0 fully saturated rings. The topological polar surface area (TPSA) is 108 Å². The number of anilines is 1. The third kappa shape index (κ3) is 5.46. The molecule has 2 aromatic carbocycles. The van der Waals surface area contributed by atoms with E-state index >= 15 is 4.39 Å². The number of rotatable bonds is 7. The minimum absolute atomic E-state index is 0.0866. The fraction of sp³-hybridized carbons (Fsp3) is 0.167. The second-order valence-corrected chi connectivity index (χ2v) is 9.44. The number of fused-ring (bicyclic) bond motifs is 1. The van der Waals surface area contributed by atoms with Crippen molar-refractivity contribution >= 4 is 22.6 Å². The predicted octanol–water partition coefficient (Wildman–Crippen LogP) is 6.07. The third-order valence-corrected chi connectivity index (χ3v) is 6.35. The van der Waals surface area contributed by atoms with Gasteiger partial charge in [-0.05, 0) is 50.6 Å². The number of nitrogens with one attached hydrogen (secondary N) is 1. The zero-order valence-corrected chi connectivity index (χ0v) is 22.6. The Hall–Kier alpha value is -5.19. The summed E-state index contributed by atoms with van der Waals surface area (Å²) in [6, 6.07) is 12.3. The lowest BCUT2D eigenvalue weighted by Gasteiger charge is -2.18. The lowest BCUT2D eigenvalue weighted by molar-refractivity contribution is 0.101. The van der Waals surface area contributed by atoms with Crippen molar-refractivity contribution in [3.8, 4) is 28.4 Å². The van der Waals surface area contributed by atoms with Crippen LogP contribution in [0.2, 0.25) is 0 Å². The van der Waals surface area contributed by atoms with Crippen molar-refractivity contribution in [3.63, 3.8) is 0 Å². The van der Waals surface area contributed by atoms with Gasteiger partial charge in [-0.2, -0.15) is 5.10 Å². The van der Waals surface area contributed by atoms with Crippen LogP contribution in [0.3, 0.4) is 0 Å². The maximum absolute atomic E-state index is 15.1. The molecule has 1 N–H and O–H groups in total. The SMILES string of the molecule is COc1cnc2c(Oc3ccc(NC(=O)c4nn(C(C)C)c(C)c(-c5ccc(F)cc5)c4=O)cc3F)ccnc2c1. The van der Waals surface area contributed by atoms with E-state index in [1.165, 1.54) is 55.9 Å². The molecule has 3 aromatic heterocycles. The van der Waals surface area contributed by atoms with Crippen LogP contribution >= 0.6 is 0 Å². The molecule has 0 bridgehead atoms. The first-order valence-corrected chi connectivity index (χ1v) is 12.6. The number of pyridine rings is 2. The van der Waals surface area contributed by atoms with Crippen molar-refractivity contribution in [2.45, 2.75) is 26.8 Å². The van der Waals surface area contributed by atoms with Crippen molar-refractivity contribution in [2.24, 2.45) is 0 Å². The van der Waals surface area contributed by atoms with Crippen molar-refractivity contribution in [2.75, 3.05) is 12.4 Å². The van der Waals surface area contributed by atoms with E-state index in [0.717, 1.165) is 6.07 Å². The smallest absolute Gasteiger partial charge is 0.280 e. The first-order valence-electron chi connectivity index (χ1n) is 12.6. The average Bonchev–Trinajstić information content (AvgIpc) is 2.95. The molecule has 0 saturated carbocycles. The van der Waals surface area contributed by atoms with E-state index in [4.69, 9.17) is 9.47 Å². The van der Waals surface area contributed by atoms with Gasteiger partial charge in [0.05, 0.1) is 24.4 Å². The first kappa shape index (κ1) is 27.4. The molecule has 0 aliphatic rings. The molecule has 5 aromatic rings. The first-order chi connectivity index (χ1) is 19.7. The van der Waals surface area contributed by atoms with Gasteiger partial charge in [0.1, 0.15) is 17.1 Å². The zero-order chi connectivity index (χ0) is 29.3. The van der Waals surface area contributed by atoms with E-state index in [0.29, 0.717) is 28.0 Å². The molecule has 0 radical (unpaired) electrons. The van der Waals surface area contributed by atoms with Gasteiger partial charge in [-0.25, -0.2) is 13.8 Å². The summed E-state index contributed by atoms with van der Waals surface area (Å²) in [5.74, 6) is -1.35. The number of benzene rings is 2. The highest BCUT2D eigenvalue weighted by Gasteiger charge is 2.23. The quantitative estimate of drug-likeness (QED) is 0.259. The normalized spacial score (nSPS) is 11.1. The number of aromatic nitrogens is 4. The Kier molecular flexibility index (Phi) is 7.43. The number of amides is 1. The van der Waals surface area contributed by atoms with Crippen molar-refractivity contribution < 1.29 is 23.0 Å². The lowest BCUT2D eigenvalue weighted by atomic mass is 10.0. The fourth-order valence-corrected chi connectivity index (χ4v) is 4.38. The van der Waals surface area contributed by atoms with Crippen molar-refractivity contribution in [1.29, 1.82) is 0 Å². The van der Waals surface area contributed by atoms with E-state index in [1.807, 2.05) is 13.8 Å². The van der Waals surface area contributed by atoms with E-state index in [2.05, 4.69) is 20.4 Å². The molecule has 41 heavy (non-hydrogen) atoms. The van der Waals surface area contributed by atoms with Gasteiger partial charge in [0.25, 0.3) is 5.91 Å². The summed E-state index contributed by atoms with van der Waals surface area (Å²) in [6.07, 6.45) is 3.00. The summed E-state index contributed by atoms with van der Waals surface area (Å²) in [4.78, 5) is 35.2. The minimum atomic E-state index is -0.820. The molecule has 9 nitrogen and oxygen atoms in total. The zero-order valence-electron chi connectivity index (χ0n) is 22.6. The average molecular weight is 558 g/mol. The van der Waals surface area contributed by atoms with E-state index in [9.17, 15) is 14.0 Å². The third-order valence-electron chi connectivity index (χ3n) is 6.35. The van der Waals surface area contributed by atoms with Crippen molar-refractivity contribution in [1.82, 2.24) is 19.7 Å². The van der Waals surface area contributed by atoms with Crippen LogP contribution in [-0.2, 0) is 0 Å². The summed E-state index contributed by atoms with van der Waals surface area (Å²) in [5.41, 5.74) is 1.19. The highest BCUT2D eigenvalue weighted by Crippen LogP contribution is 2.31. The molecule has 5 rings (SSSR count). The summed E-state index contributed by atoms with van der Waals surface area (Å²) < 4.78 is 41.1. The molecule has 0 spiro atoms. The number of carbonyl (C=O) groups excluding carboxylic acids is 1. The molecule has 0 aliphatic heterocycles. The molecule has 0 atom stereocenters. The van der Waals surface area contributed by atoms with Crippen LogP contribution in [0.5, 0.6) is 17.2 Å². The Morgan fingerprint density at radius 1 is 1.00 bits per heavy atom. The molecule has 1 amide bonds. The number of carbonyl (C=O) groups is 1. The lowest BCUT2D eigenvalue weighted by Crippen LogP contribution is -2.30. The Bertz CT molecular complexity index is 1840. The molecule has 0 saturated heterocycles. The van der Waals surface area contributed by atoms with Gasteiger partial charge in [0.2, 0.25) is 5.43 Å². The van der Waals surface area contributed by atoms with Gasteiger partial charge in [0, 0.05) is 41.8 Å². The maximum Gasteiger partial charge on any atom is 0.280 e. The Balaban J connectivity index is 1.44. The summed E-state index contributed by atoms with van der Waals surface area (Å²) in [5, 5.41) is 6.83. The Morgan fingerprint density at radius 2 is 1.76 bits per heavy atom. The van der Waals surface area contributed by atoms with Crippen LogP contribution in [0.25, 0.3) is 22.2 Å².